The topological polar surface area (TPSA) is 0 Å². The monoisotopic (exact) mass is 353 g/mol. The first-order chi connectivity index (χ1) is 7.77. The number of benzene rings is 2. The molecule has 79 valence electrons. The van der Waals surface area contributed by atoms with Gasteiger partial charge in [-0.1, -0.05) is 36.4 Å². The Kier molecular flexibility index (Phi) is 7.28. The van der Waals surface area contributed by atoms with Gasteiger partial charge in [0.05, 0.1) is 0 Å². The highest BCUT2D eigenvalue weighted by atomic mass is 79.9. The molecule has 2 aromatic rings. The molecule has 0 amide bonds. The summed E-state index contributed by atoms with van der Waals surface area (Å²) in [7, 11) is 0. The minimum atomic E-state index is -0.203. The third-order valence-electron chi connectivity index (χ3n) is 1.90. The predicted molar refractivity (Wildman–Crippen MR) is 74.3 cm³/mol. The van der Waals surface area contributed by atoms with Gasteiger partial charge in [0.15, 0.2) is 0 Å². The van der Waals surface area contributed by atoms with E-state index in [1.165, 1.54) is 12.1 Å². The smallest absolute Gasteiger partial charge is 0.280 e. The second-order valence-electron chi connectivity index (χ2n) is 2.90. The quantitative estimate of drug-likeness (QED) is 0.656. The Hall–Kier alpha value is 0.0962. The van der Waals surface area contributed by atoms with Crippen LogP contribution in [-0.2, 0) is 0 Å². The van der Waals surface area contributed by atoms with Crippen LogP contribution in [0.3, 0.4) is 0 Å². The van der Waals surface area contributed by atoms with Crippen LogP contribution in [0, 0.1) is 11.9 Å². The molecule has 4 heteroatoms. The predicted octanol–water partition coefficient (Wildman–Crippen LogP) is 4.60. The lowest BCUT2D eigenvalue weighted by atomic mass is 10.1. The van der Waals surface area contributed by atoms with E-state index in [0.717, 1.165) is 11.1 Å². The Labute approximate surface area is 117 Å². The Balaban J connectivity index is 0.000000386. The largest absolute Gasteiger partial charge is 0.560 e. The summed E-state index contributed by atoms with van der Waals surface area (Å²) in [6.45, 7) is 0. The van der Waals surface area contributed by atoms with E-state index >= 15 is 0 Å². The van der Waals surface area contributed by atoms with Crippen molar-refractivity contribution in [3.05, 3.63) is 60.4 Å². The van der Waals surface area contributed by atoms with E-state index in [1.807, 2.05) is 24.3 Å². The zero-order valence-electron chi connectivity index (χ0n) is 8.46. The normalized spacial score (nSPS) is 8.69. The van der Waals surface area contributed by atoms with Gasteiger partial charge in [-0.15, -0.1) is 0 Å². The molecule has 0 saturated carbocycles. The highest BCUT2D eigenvalue weighted by Gasteiger charge is 1.95. The van der Waals surface area contributed by atoms with Gasteiger partial charge in [0, 0.05) is 0 Å². The van der Waals surface area contributed by atoms with Crippen LogP contribution in [0.1, 0.15) is 0 Å². The molecular weight excluding hydrogens is 347 g/mol. The first-order valence-electron chi connectivity index (χ1n) is 4.62. The third kappa shape index (κ3) is 4.95. The second-order valence-corrected chi connectivity index (χ2v) is 11.0. The molecule has 2 rings (SSSR count). The summed E-state index contributed by atoms with van der Waals surface area (Å²) >= 11 is 6.44. The van der Waals surface area contributed by atoms with Crippen molar-refractivity contribution in [2.45, 2.75) is 0 Å². The summed E-state index contributed by atoms with van der Waals surface area (Å²) in [5.41, 5.74) is 2.11. The Bertz CT molecular complexity index is 403. The lowest BCUT2D eigenvalue weighted by Crippen LogP contribution is -1.77. The Morgan fingerprint density at radius 1 is 0.875 bits per heavy atom. The number of hydrogen-bond acceptors (Lipinski definition) is 0. The van der Waals surface area contributed by atoms with E-state index in [-0.39, 0.29) is 21.8 Å². The number of rotatable bonds is 1. The highest BCUT2D eigenvalue weighted by Crippen LogP contribution is 2.18. The second kappa shape index (κ2) is 8.23. The summed E-state index contributed by atoms with van der Waals surface area (Å²) in [5.74, 6) is -0.203. The molecule has 0 spiro atoms. The molecule has 1 radical (unpaired) electrons. The van der Waals surface area contributed by atoms with Gasteiger partial charge in [0.1, 0.15) is 5.82 Å². The van der Waals surface area contributed by atoms with Crippen molar-refractivity contribution in [3.8, 4) is 11.1 Å². The third-order valence-corrected chi connectivity index (χ3v) is 1.90. The molecule has 2 aromatic carbocycles. The number of halogens is 3. The molecule has 0 aliphatic carbocycles. The molecule has 16 heavy (non-hydrogen) atoms. The molecule has 0 bridgehead atoms. The van der Waals surface area contributed by atoms with Crippen LogP contribution >= 0.6 is 25.8 Å². The van der Waals surface area contributed by atoms with Crippen molar-refractivity contribution >= 4 is 41.8 Å². The summed E-state index contributed by atoms with van der Waals surface area (Å²) in [4.78, 5) is 0. The molecule has 0 atom stereocenters. The summed E-state index contributed by atoms with van der Waals surface area (Å²) in [6.07, 6.45) is 0. The maximum absolute atomic E-state index is 12.6. The van der Waals surface area contributed by atoms with Crippen LogP contribution in [0.4, 0.5) is 4.39 Å². The van der Waals surface area contributed by atoms with Gasteiger partial charge in [0.25, 0.3) is 0 Å². The molecule has 0 aliphatic rings. The first-order valence-corrected chi connectivity index (χ1v) is 12.4. The lowest BCUT2D eigenvalue weighted by molar-refractivity contribution is 0.628. The van der Waals surface area contributed by atoms with Crippen molar-refractivity contribution in [3.63, 3.8) is 0 Å². The molecule has 0 heterocycles. The molecule has 0 unspecified atom stereocenters. The minimum Gasteiger partial charge on any atom is -0.280 e. The first kappa shape index (κ1) is 14.2. The van der Waals surface area contributed by atoms with Crippen molar-refractivity contribution in [1.29, 1.82) is 0 Å². The fourth-order valence-electron chi connectivity index (χ4n) is 1.22. The summed E-state index contributed by atoms with van der Waals surface area (Å²) in [6, 6.07) is 17.0. The van der Waals surface area contributed by atoms with Gasteiger partial charge in [-0.3, -0.25) is 25.8 Å². The van der Waals surface area contributed by atoms with Gasteiger partial charge < -0.3 is 0 Å². The van der Waals surface area contributed by atoms with Crippen molar-refractivity contribution in [2.24, 2.45) is 0 Å². The molecule has 0 N–H and O–H groups in total. The van der Waals surface area contributed by atoms with Crippen LogP contribution in [0.5, 0.6) is 0 Å². The summed E-state index contributed by atoms with van der Waals surface area (Å²) in [5, 5.41) is 0. The van der Waals surface area contributed by atoms with E-state index in [1.54, 1.807) is 12.1 Å². The minimum absolute atomic E-state index is 0.0417. The van der Waals surface area contributed by atoms with E-state index in [4.69, 9.17) is 0 Å². The van der Waals surface area contributed by atoms with Crippen molar-refractivity contribution in [2.75, 3.05) is 0 Å². The van der Waals surface area contributed by atoms with E-state index in [2.05, 4.69) is 31.8 Å². The Morgan fingerprint density at radius 3 is 1.81 bits per heavy atom. The molecule has 0 nitrogen and oxygen atoms in total. The van der Waals surface area contributed by atoms with E-state index < -0.39 is 0 Å². The average Bonchev–Trinajstić information content (AvgIpc) is 2.32. The van der Waals surface area contributed by atoms with E-state index in [9.17, 15) is 4.39 Å². The molecular formula is C12H8Br2FMg. The highest BCUT2D eigenvalue weighted by molar-refractivity contribution is 9.47. The molecule has 0 aromatic heterocycles. The van der Waals surface area contributed by atoms with E-state index in [0.29, 0.717) is 0 Å². The lowest BCUT2D eigenvalue weighted by Gasteiger charge is -1.99. The van der Waals surface area contributed by atoms with Crippen molar-refractivity contribution < 1.29 is 4.39 Å². The van der Waals surface area contributed by atoms with Crippen LogP contribution < -0.4 is 0 Å². The maximum Gasteiger partial charge on any atom is 0.560 e. The molecule has 0 fully saturated rings. The van der Waals surface area contributed by atoms with Gasteiger partial charge in [-0.2, -0.15) is 0 Å². The SMILES string of the molecule is Fc1ccc(-c2cc[c]cc2)cc1.[Br][Mg][Br]. The zero-order chi connectivity index (χ0) is 11.8. The van der Waals surface area contributed by atoms with Gasteiger partial charge >= 0.3 is 16.0 Å². The van der Waals surface area contributed by atoms with Crippen LogP contribution in [0.15, 0.2) is 48.5 Å². The van der Waals surface area contributed by atoms with Crippen LogP contribution in [-0.4, -0.2) is 16.0 Å². The molecule has 0 saturated heterocycles. The van der Waals surface area contributed by atoms with Crippen LogP contribution in [0.2, 0.25) is 0 Å². The standard InChI is InChI=1S/C12H8F.2BrH.Mg/c13-12-8-6-11(7-9-12)10-4-2-1-3-5-10;;;/h2-9H;2*1H;/q;;;+2/p-2. The van der Waals surface area contributed by atoms with Crippen LogP contribution in [0.25, 0.3) is 11.1 Å². The zero-order valence-corrected chi connectivity index (χ0v) is 13.0. The van der Waals surface area contributed by atoms with Gasteiger partial charge in [0.2, 0.25) is 0 Å². The van der Waals surface area contributed by atoms with Gasteiger partial charge in [-0.25, -0.2) is 4.39 Å². The fraction of sp³-hybridized carbons (Fsp3) is 0. The number of hydrogen-bond donors (Lipinski definition) is 0. The maximum atomic E-state index is 12.6. The average molecular weight is 355 g/mol. The summed E-state index contributed by atoms with van der Waals surface area (Å²) < 4.78 is 12.6. The van der Waals surface area contributed by atoms with Gasteiger partial charge in [-0.05, 0) is 29.3 Å². The fourth-order valence-corrected chi connectivity index (χ4v) is 1.22. The molecule has 0 aliphatic heterocycles. The Morgan fingerprint density at radius 2 is 1.31 bits per heavy atom. The van der Waals surface area contributed by atoms with Crippen molar-refractivity contribution in [1.82, 2.24) is 0 Å².